The zero-order valence-electron chi connectivity index (χ0n) is 14.6. The van der Waals surface area contributed by atoms with E-state index in [9.17, 15) is 0 Å². The van der Waals surface area contributed by atoms with Crippen LogP contribution in [-0.2, 0) is 18.2 Å². The molecule has 19 heavy (non-hydrogen) atoms. The molecule has 0 saturated carbocycles. The van der Waals surface area contributed by atoms with Crippen LogP contribution in [0.4, 0.5) is 0 Å². The van der Waals surface area contributed by atoms with Crippen molar-refractivity contribution in [3.8, 4) is 0 Å². The molecule has 1 N–H and O–H groups in total. The van der Waals surface area contributed by atoms with Gasteiger partial charge in [-0.05, 0) is 0 Å². The van der Waals surface area contributed by atoms with Crippen molar-refractivity contribution in [1.29, 1.82) is 0 Å². The molecule has 4 nitrogen and oxygen atoms in total. The van der Waals surface area contributed by atoms with Gasteiger partial charge in [0.2, 0.25) is 0 Å². The van der Waals surface area contributed by atoms with Crippen molar-refractivity contribution >= 4 is 0 Å². The molecule has 0 saturated heterocycles. The first-order valence-electron chi connectivity index (χ1n) is 7.55. The van der Waals surface area contributed by atoms with Crippen molar-refractivity contribution in [3.05, 3.63) is 0 Å². The van der Waals surface area contributed by atoms with Gasteiger partial charge < -0.3 is 0 Å². The van der Waals surface area contributed by atoms with Crippen molar-refractivity contribution in [1.82, 2.24) is 13.6 Å². The molecule has 0 spiro atoms. The predicted octanol–water partition coefficient (Wildman–Crippen LogP) is 2.43. The topological polar surface area (TPSA) is 21.8 Å². The van der Waals surface area contributed by atoms with Gasteiger partial charge >= 0.3 is 126 Å². The third-order valence-electron chi connectivity index (χ3n) is 4.14. The van der Waals surface area contributed by atoms with Crippen LogP contribution in [-0.4, -0.2) is 56.2 Å². The summed E-state index contributed by atoms with van der Waals surface area (Å²) in [5.74, 6) is 0. The summed E-state index contributed by atoms with van der Waals surface area (Å²) < 4.78 is 11.9. The van der Waals surface area contributed by atoms with E-state index in [0.717, 1.165) is 26.1 Å². The average molecular weight is 441 g/mol. The van der Waals surface area contributed by atoms with Crippen molar-refractivity contribution in [2.24, 2.45) is 0 Å². The van der Waals surface area contributed by atoms with E-state index in [-0.39, 0.29) is 5.54 Å². The molecule has 0 rings (SSSR count). The van der Waals surface area contributed by atoms with E-state index < -0.39 is 18.2 Å². The van der Waals surface area contributed by atoms with Crippen molar-refractivity contribution in [3.63, 3.8) is 0 Å². The molecule has 0 bridgehead atoms. The Morgan fingerprint density at radius 2 is 1.11 bits per heavy atom. The Hall–Kier alpha value is 0.580. The summed E-state index contributed by atoms with van der Waals surface area (Å²) in [6.45, 7) is 17.0. The molecule has 117 valence electrons. The second kappa shape index (κ2) is 8.13. The number of hydrogen-bond donors (Lipinski definition) is 1. The number of hydrogen-bond acceptors (Lipinski definition) is 4. The quantitative estimate of drug-likeness (QED) is 0.594. The van der Waals surface area contributed by atoms with Gasteiger partial charge in [-0.2, -0.15) is 0 Å². The molecule has 0 radical (unpaired) electrons. The van der Waals surface area contributed by atoms with E-state index in [1.165, 1.54) is 0 Å². The van der Waals surface area contributed by atoms with Gasteiger partial charge in [0.05, 0.1) is 0 Å². The van der Waals surface area contributed by atoms with Gasteiger partial charge in [0.15, 0.2) is 0 Å². The van der Waals surface area contributed by atoms with E-state index in [1.54, 1.807) is 0 Å². The molecule has 0 aromatic heterocycles. The zero-order valence-corrected chi connectivity index (χ0v) is 17.8. The van der Waals surface area contributed by atoms with Crippen LogP contribution in [0.2, 0.25) is 0 Å². The normalized spacial score (nSPS) is 13.9. The fraction of sp³-hybridized carbons (Fsp3) is 1.00. The molecule has 0 aliphatic heterocycles. The van der Waals surface area contributed by atoms with Crippen LogP contribution in [0.3, 0.4) is 0 Å². The maximum absolute atomic E-state index is 4.10. The minimum absolute atomic E-state index is 0.189. The summed E-state index contributed by atoms with van der Waals surface area (Å²) >= 11 is -2.99. The van der Waals surface area contributed by atoms with Gasteiger partial charge in [0.25, 0.3) is 0 Å². The summed E-state index contributed by atoms with van der Waals surface area (Å²) in [5, 5.41) is 0. The van der Waals surface area contributed by atoms with Crippen LogP contribution in [0.15, 0.2) is 0 Å². The molecule has 0 aromatic carbocycles. The number of nitrogens with zero attached hydrogens (tertiary/aromatic N) is 3. The molecule has 0 fully saturated rings. The van der Waals surface area contributed by atoms with Crippen molar-refractivity contribution < 1.29 is 18.2 Å². The van der Waals surface area contributed by atoms with Gasteiger partial charge in [-0.25, -0.2) is 0 Å². The fourth-order valence-electron chi connectivity index (χ4n) is 2.11. The fourth-order valence-corrected chi connectivity index (χ4v) is 17.3. The zero-order chi connectivity index (χ0) is 15.3. The molecular formula is C14H36N4Ta. The van der Waals surface area contributed by atoms with Crippen LogP contribution in [0, 0.1) is 0 Å². The van der Waals surface area contributed by atoms with E-state index in [1.807, 2.05) is 0 Å². The predicted molar refractivity (Wildman–Crippen MR) is 82.4 cm³/mol. The minimum atomic E-state index is -2.99. The van der Waals surface area contributed by atoms with Crippen LogP contribution in [0.1, 0.15) is 48.0 Å². The summed E-state index contributed by atoms with van der Waals surface area (Å²) in [6, 6.07) is 0. The van der Waals surface area contributed by atoms with Gasteiger partial charge in [0.1, 0.15) is 0 Å². The van der Waals surface area contributed by atoms with Crippen molar-refractivity contribution in [2.75, 3.05) is 40.8 Å². The van der Waals surface area contributed by atoms with E-state index in [0.29, 0.717) is 0 Å². The number of rotatable bonds is 9. The molecule has 0 aliphatic carbocycles. The van der Waals surface area contributed by atoms with Crippen LogP contribution in [0.5, 0.6) is 0 Å². The van der Waals surface area contributed by atoms with Gasteiger partial charge in [-0.15, -0.1) is 0 Å². The molecule has 0 aliphatic rings. The third-order valence-corrected chi connectivity index (χ3v) is 20.7. The number of nitrogens with one attached hydrogen (secondary N) is 1. The Kier molecular flexibility index (Phi) is 8.38. The molecule has 0 heterocycles. The summed E-state index contributed by atoms with van der Waals surface area (Å²) in [7, 11) is 6.86. The molecule has 0 aromatic rings. The first-order chi connectivity index (χ1) is 8.71. The Morgan fingerprint density at radius 3 is 1.32 bits per heavy atom. The van der Waals surface area contributed by atoms with Crippen LogP contribution >= 0.6 is 0 Å². The molecule has 0 atom stereocenters. The average Bonchev–Trinajstić information content (AvgIpc) is 2.41. The van der Waals surface area contributed by atoms with Gasteiger partial charge in [-0.3, -0.25) is 0 Å². The van der Waals surface area contributed by atoms with Gasteiger partial charge in [-0.1, -0.05) is 0 Å². The summed E-state index contributed by atoms with van der Waals surface area (Å²) in [5.41, 5.74) is 0.189. The SMILES string of the molecule is CC[N](C)[Ta]([NH]C(C)(C)CC)([N](C)CC)[N](C)CC. The molecule has 0 amide bonds. The Balaban J connectivity index is 5.62. The van der Waals surface area contributed by atoms with E-state index in [2.05, 4.69) is 76.3 Å². The monoisotopic (exact) mass is 441 g/mol. The molecule has 0 unspecified atom stereocenters. The van der Waals surface area contributed by atoms with Crippen LogP contribution in [0.25, 0.3) is 0 Å². The van der Waals surface area contributed by atoms with Crippen LogP contribution < -0.4 is 3.72 Å². The second-order valence-corrected chi connectivity index (χ2v) is 18.1. The first-order valence-corrected chi connectivity index (χ1v) is 13.5. The second-order valence-electron chi connectivity index (χ2n) is 5.84. The maximum atomic E-state index is 4.10. The summed E-state index contributed by atoms with van der Waals surface area (Å²) in [4.78, 5) is 0. The van der Waals surface area contributed by atoms with Gasteiger partial charge in [0, 0.05) is 0 Å². The standard InChI is InChI=1S/C5H12N.3C3H8N.Ta/c1-4-5(2,3)6;3*1-3-4-2;/h6H,4H2,1-3H3;3*3H2,1-2H3;/q4*-1;+4. The third kappa shape index (κ3) is 4.53. The van der Waals surface area contributed by atoms with E-state index >= 15 is 0 Å². The summed E-state index contributed by atoms with van der Waals surface area (Å²) in [6.07, 6.45) is 1.15. The Morgan fingerprint density at radius 1 is 0.789 bits per heavy atom. The van der Waals surface area contributed by atoms with E-state index in [4.69, 9.17) is 0 Å². The molecule has 5 heteroatoms. The Labute approximate surface area is 126 Å². The van der Waals surface area contributed by atoms with Crippen molar-refractivity contribution in [2.45, 2.75) is 53.5 Å². The first kappa shape index (κ1) is 19.6. The molecular weight excluding hydrogens is 405 g/mol. The Bertz CT molecular complexity index is 231.